The molecule has 24 heavy (non-hydrogen) atoms. The summed E-state index contributed by atoms with van der Waals surface area (Å²) in [7, 11) is 2.85. The fourth-order valence-electron chi connectivity index (χ4n) is 2.27. The van der Waals surface area contributed by atoms with Gasteiger partial charge in [-0.3, -0.25) is 4.79 Å². The Morgan fingerprint density at radius 1 is 1.21 bits per heavy atom. The zero-order valence-electron chi connectivity index (χ0n) is 14.5. The molecule has 1 heterocycles. The zero-order chi connectivity index (χ0) is 17.2. The number of aromatic amines is 1. The van der Waals surface area contributed by atoms with Crippen LogP contribution in [0.3, 0.4) is 0 Å². The summed E-state index contributed by atoms with van der Waals surface area (Å²) in [6.07, 6.45) is 0. The van der Waals surface area contributed by atoms with E-state index in [1.807, 2.05) is 20.8 Å². The molecule has 0 radical (unpaired) electrons. The lowest BCUT2D eigenvalue weighted by Gasteiger charge is -2.20. The third-order valence-electron chi connectivity index (χ3n) is 3.46. The molecule has 132 valence electrons. The van der Waals surface area contributed by atoms with Crippen LogP contribution in [0.25, 0.3) is 10.9 Å². The number of nitrogens with one attached hydrogen (secondary N) is 2. The van der Waals surface area contributed by atoms with Gasteiger partial charge in [0.05, 0.1) is 26.3 Å². The van der Waals surface area contributed by atoms with Crippen LogP contribution in [0.4, 0.5) is 0 Å². The van der Waals surface area contributed by atoms with Gasteiger partial charge in [-0.2, -0.15) is 0 Å². The second-order valence-electron chi connectivity index (χ2n) is 6.31. The number of Topliss-reactive ketones (excluding diaryl/α,β-unsaturated/α-hetero) is 1. The van der Waals surface area contributed by atoms with Crippen LogP contribution >= 0.6 is 12.4 Å². The Kier molecular flexibility index (Phi) is 6.40. The molecule has 2 rings (SSSR count). The summed E-state index contributed by atoms with van der Waals surface area (Å²) >= 11 is 0. The highest BCUT2D eigenvalue weighted by atomic mass is 35.5. The molecule has 1 aromatic heterocycles. The number of aromatic nitrogens is 1. The summed E-state index contributed by atoms with van der Waals surface area (Å²) in [6.45, 7) is 6.20. The van der Waals surface area contributed by atoms with Gasteiger partial charge < -0.3 is 19.8 Å². The first-order valence-corrected chi connectivity index (χ1v) is 7.33. The Labute approximate surface area is 147 Å². The molecule has 7 heteroatoms. The Balaban J connectivity index is 0.00000288. The number of ether oxygens (including phenoxy) is 2. The van der Waals surface area contributed by atoms with E-state index in [0.29, 0.717) is 22.2 Å². The lowest BCUT2D eigenvalue weighted by Crippen LogP contribution is -2.39. The maximum absolute atomic E-state index is 12.5. The minimum Gasteiger partial charge on any atom is -0.495 e. The molecular formula is C17H23ClN2O4. The number of fused-ring (bicyclic) bond motifs is 1. The summed E-state index contributed by atoms with van der Waals surface area (Å²) in [5.41, 5.74) is 1.26. The second kappa shape index (κ2) is 7.68. The number of esters is 1. The predicted octanol–water partition coefficient (Wildman–Crippen LogP) is 2.96. The molecule has 1 aromatic carbocycles. The first-order chi connectivity index (χ1) is 10.8. The highest BCUT2D eigenvalue weighted by Crippen LogP contribution is 2.29. The normalized spacial score (nSPS) is 11.0. The van der Waals surface area contributed by atoms with Crippen molar-refractivity contribution >= 4 is 35.1 Å². The summed E-state index contributed by atoms with van der Waals surface area (Å²) in [5, 5.41) is 3.82. The molecule has 0 saturated carbocycles. The van der Waals surface area contributed by atoms with Crippen molar-refractivity contribution in [2.45, 2.75) is 26.3 Å². The predicted molar refractivity (Wildman–Crippen MR) is 95.5 cm³/mol. The number of H-pyrrole nitrogens is 1. The lowest BCUT2D eigenvalue weighted by atomic mass is 10.0. The standard InChI is InChI=1S/C17H22N2O4.ClH/c1-17(2,3)18-9-13(20)10-6-7-14(22-4)15-11(10)8-12(19-15)16(21)23-5;/h6-8,18-19H,9H2,1-5H3;1H. The number of benzene rings is 1. The zero-order valence-corrected chi connectivity index (χ0v) is 15.3. The van der Waals surface area contributed by atoms with E-state index >= 15 is 0 Å². The Bertz CT molecular complexity index is 747. The monoisotopic (exact) mass is 354 g/mol. The molecule has 2 aromatic rings. The third kappa shape index (κ3) is 4.27. The fourth-order valence-corrected chi connectivity index (χ4v) is 2.27. The van der Waals surface area contributed by atoms with Crippen molar-refractivity contribution in [2.24, 2.45) is 0 Å². The van der Waals surface area contributed by atoms with Gasteiger partial charge >= 0.3 is 5.97 Å². The smallest absolute Gasteiger partial charge is 0.354 e. The third-order valence-corrected chi connectivity index (χ3v) is 3.46. The summed E-state index contributed by atoms with van der Waals surface area (Å²) in [4.78, 5) is 27.2. The number of ketones is 1. The number of methoxy groups -OCH3 is 2. The van der Waals surface area contributed by atoms with Crippen molar-refractivity contribution in [1.29, 1.82) is 0 Å². The minimum atomic E-state index is -0.491. The molecule has 0 amide bonds. The molecule has 0 aliphatic rings. The van der Waals surface area contributed by atoms with E-state index in [1.54, 1.807) is 18.2 Å². The summed E-state index contributed by atoms with van der Waals surface area (Å²) in [5.74, 6) is 0.0212. The SMILES string of the molecule is COC(=O)c1cc2c(C(=O)CNC(C)(C)C)ccc(OC)c2[nH]1.Cl. The van der Waals surface area contributed by atoms with E-state index in [4.69, 9.17) is 9.47 Å². The van der Waals surface area contributed by atoms with Crippen molar-refractivity contribution in [3.63, 3.8) is 0 Å². The quantitative estimate of drug-likeness (QED) is 0.637. The first kappa shape index (κ1) is 20.0. The van der Waals surface area contributed by atoms with Crippen LogP contribution in [0, 0.1) is 0 Å². The number of carbonyl (C=O) groups is 2. The Hall–Kier alpha value is -2.05. The topological polar surface area (TPSA) is 80.4 Å². The maximum atomic E-state index is 12.5. The van der Waals surface area contributed by atoms with Crippen molar-refractivity contribution < 1.29 is 19.1 Å². The molecule has 0 spiro atoms. The van der Waals surface area contributed by atoms with Crippen LogP contribution in [0.2, 0.25) is 0 Å². The van der Waals surface area contributed by atoms with Crippen molar-refractivity contribution in [2.75, 3.05) is 20.8 Å². The Morgan fingerprint density at radius 3 is 2.42 bits per heavy atom. The molecule has 0 aliphatic carbocycles. The lowest BCUT2D eigenvalue weighted by molar-refractivity contribution is 0.0595. The molecule has 0 saturated heterocycles. The summed E-state index contributed by atoms with van der Waals surface area (Å²) < 4.78 is 10.0. The molecule has 0 fully saturated rings. The van der Waals surface area contributed by atoms with Crippen LogP contribution in [-0.2, 0) is 4.74 Å². The fraction of sp³-hybridized carbons (Fsp3) is 0.412. The van der Waals surface area contributed by atoms with Gasteiger partial charge in [0.15, 0.2) is 5.78 Å². The van der Waals surface area contributed by atoms with Crippen molar-refractivity contribution in [3.8, 4) is 5.75 Å². The van der Waals surface area contributed by atoms with Crippen LogP contribution < -0.4 is 10.1 Å². The first-order valence-electron chi connectivity index (χ1n) is 7.33. The molecule has 2 N–H and O–H groups in total. The average molecular weight is 355 g/mol. The van der Waals surface area contributed by atoms with Gasteiger partial charge in [0, 0.05) is 16.5 Å². The van der Waals surface area contributed by atoms with Crippen LogP contribution in [0.5, 0.6) is 5.75 Å². The van der Waals surface area contributed by atoms with E-state index in [1.165, 1.54) is 14.2 Å². The number of hydrogen-bond acceptors (Lipinski definition) is 5. The van der Waals surface area contributed by atoms with Gasteiger partial charge in [0.25, 0.3) is 0 Å². The van der Waals surface area contributed by atoms with E-state index in [9.17, 15) is 9.59 Å². The van der Waals surface area contributed by atoms with E-state index in [2.05, 4.69) is 10.3 Å². The van der Waals surface area contributed by atoms with E-state index < -0.39 is 5.97 Å². The number of hydrogen-bond donors (Lipinski definition) is 2. The van der Waals surface area contributed by atoms with Gasteiger partial charge in [-0.25, -0.2) is 4.79 Å². The van der Waals surface area contributed by atoms with Crippen molar-refractivity contribution in [3.05, 3.63) is 29.5 Å². The number of rotatable bonds is 5. The van der Waals surface area contributed by atoms with Gasteiger partial charge in [0.2, 0.25) is 0 Å². The molecular weight excluding hydrogens is 332 g/mol. The van der Waals surface area contributed by atoms with Crippen LogP contribution in [0.1, 0.15) is 41.6 Å². The average Bonchev–Trinajstić information content (AvgIpc) is 2.95. The largest absolute Gasteiger partial charge is 0.495 e. The number of carbonyl (C=O) groups excluding carboxylic acids is 2. The Morgan fingerprint density at radius 2 is 1.88 bits per heavy atom. The van der Waals surface area contributed by atoms with Crippen LogP contribution in [0.15, 0.2) is 18.2 Å². The molecule has 0 bridgehead atoms. The highest BCUT2D eigenvalue weighted by molar-refractivity contribution is 6.11. The van der Waals surface area contributed by atoms with Crippen molar-refractivity contribution in [1.82, 2.24) is 10.3 Å². The van der Waals surface area contributed by atoms with Gasteiger partial charge in [-0.05, 0) is 39.0 Å². The van der Waals surface area contributed by atoms with Gasteiger partial charge in [-0.15, -0.1) is 12.4 Å². The van der Waals surface area contributed by atoms with Gasteiger partial charge in [-0.1, -0.05) is 0 Å². The second-order valence-corrected chi connectivity index (χ2v) is 6.31. The minimum absolute atomic E-state index is 0. The van der Waals surface area contributed by atoms with Crippen LogP contribution in [-0.4, -0.2) is 43.0 Å². The maximum Gasteiger partial charge on any atom is 0.354 e. The molecule has 0 unspecified atom stereocenters. The van der Waals surface area contributed by atoms with Gasteiger partial charge in [0.1, 0.15) is 11.4 Å². The summed E-state index contributed by atoms with van der Waals surface area (Å²) in [6, 6.07) is 5.04. The molecule has 0 atom stereocenters. The molecule has 0 aliphatic heterocycles. The number of halogens is 1. The van der Waals surface area contributed by atoms with E-state index in [0.717, 1.165) is 0 Å². The highest BCUT2D eigenvalue weighted by Gasteiger charge is 2.19. The van der Waals surface area contributed by atoms with E-state index in [-0.39, 0.29) is 36.0 Å². The molecule has 6 nitrogen and oxygen atoms in total.